The summed E-state index contributed by atoms with van der Waals surface area (Å²) < 4.78 is 1.87. The van der Waals surface area contributed by atoms with Crippen molar-refractivity contribution in [2.75, 3.05) is 18.0 Å². The Hall–Kier alpha value is -1.84. The summed E-state index contributed by atoms with van der Waals surface area (Å²) in [4.78, 5) is 18.3. The first-order valence-corrected chi connectivity index (χ1v) is 7.00. The SMILES string of the molecule is CCCN(CC1CC1)c1nc2ccccn2c1C=O. The van der Waals surface area contributed by atoms with Crippen molar-refractivity contribution in [1.82, 2.24) is 9.38 Å². The molecule has 100 valence electrons. The van der Waals surface area contributed by atoms with E-state index in [1.165, 1.54) is 12.8 Å². The van der Waals surface area contributed by atoms with Crippen LogP contribution in [-0.4, -0.2) is 28.8 Å². The molecule has 1 aliphatic carbocycles. The molecule has 4 heteroatoms. The molecule has 0 radical (unpaired) electrons. The summed E-state index contributed by atoms with van der Waals surface area (Å²) in [6.07, 6.45) is 6.51. The van der Waals surface area contributed by atoms with Gasteiger partial charge in [0.15, 0.2) is 12.1 Å². The molecule has 2 aromatic rings. The summed E-state index contributed by atoms with van der Waals surface area (Å²) in [5, 5.41) is 0. The van der Waals surface area contributed by atoms with Gasteiger partial charge in [-0.15, -0.1) is 0 Å². The number of rotatable bonds is 6. The number of aldehydes is 1. The van der Waals surface area contributed by atoms with Crippen LogP contribution in [0.25, 0.3) is 5.65 Å². The van der Waals surface area contributed by atoms with Gasteiger partial charge < -0.3 is 4.90 Å². The Morgan fingerprint density at radius 2 is 2.32 bits per heavy atom. The van der Waals surface area contributed by atoms with E-state index in [4.69, 9.17) is 0 Å². The average molecular weight is 257 g/mol. The fourth-order valence-corrected chi connectivity index (χ4v) is 2.51. The summed E-state index contributed by atoms with van der Waals surface area (Å²) in [6, 6.07) is 5.82. The predicted octanol–water partition coefficient (Wildman–Crippen LogP) is 2.77. The second-order valence-corrected chi connectivity index (χ2v) is 5.26. The molecule has 0 N–H and O–H groups in total. The Balaban J connectivity index is 2.02. The molecule has 0 saturated heterocycles. The number of nitrogens with zero attached hydrogens (tertiary/aromatic N) is 3. The van der Waals surface area contributed by atoms with E-state index >= 15 is 0 Å². The summed E-state index contributed by atoms with van der Waals surface area (Å²) >= 11 is 0. The third-order valence-corrected chi connectivity index (χ3v) is 3.63. The van der Waals surface area contributed by atoms with E-state index < -0.39 is 0 Å². The number of carbonyl (C=O) groups is 1. The fourth-order valence-electron chi connectivity index (χ4n) is 2.51. The van der Waals surface area contributed by atoms with Gasteiger partial charge in [0.1, 0.15) is 11.3 Å². The maximum Gasteiger partial charge on any atom is 0.170 e. The van der Waals surface area contributed by atoms with Crippen LogP contribution < -0.4 is 4.90 Å². The standard InChI is InChI=1S/C15H19N3O/c1-2-8-17(10-12-6-7-12)15-13(11-19)18-9-4-3-5-14(18)16-15/h3-5,9,11-12H,2,6-8,10H2,1H3. The Kier molecular flexibility index (Phi) is 3.23. The average Bonchev–Trinajstić information content (AvgIpc) is 3.16. The molecule has 1 aliphatic rings. The summed E-state index contributed by atoms with van der Waals surface area (Å²) in [5.74, 6) is 1.63. The van der Waals surface area contributed by atoms with Crippen LogP contribution in [0.5, 0.6) is 0 Å². The molecule has 4 nitrogen and oxygen atoms in total. The van der Waals surface area contributed by atoms with Gasteiger partial charge in [0.25, 0.3) is 0 Å². The molecule has 0 spiro atoms. The highest BCUT2D eigenvalue weighted by molar-refractivity contribution is 5.83. The van der Waals surface area contributed by atoms with E-state index in [0.29, 0.717) is 5.69 Å². The van der Waals surface area contributed by atoms with Crippen molar-refractivity contribution in [3.63, 3.8) is 0 Å². The van der Waals surface area contributed by atoms with Gasteiger partial charge in [0, 0.05) is 19.3 Å². The fraction of sp³-hybridized carbons (Fsp3) is 0.467. The number of carbonyl (C=O) groups excluding carboxylic acids is 1. The maximum atomic E-state index is 11.4. The second-order valence-electron chi connectivity index (χ2n) is 5.26. The monoisotopic (exact) mass is 257 g/mol. The quantitative estimate of drug-likeness (QED) is 0.747. The van der Waals surface area contributed by atoms with Crippen LogP contribution in [0.3, 0.4) is 0 Å². The van der Waals surface area contributed by atoms with Gasteiger partial charge >= 0.3 is 0 Å². The van der Waals surface area contributed by atoms with Crippen LogP contribution in [0.4, 0.5) is 5.82 Å². The highest BCUT2D eigenvalue weighted by Gasteiger charge is 2.26. The van der Waals surface area contributed by atoms with Crippen molar-refractivity contribution in [3.8, 4) is 0 Å². The predicted molar refractivity (Wildman–Crippen MR) is 75.8 cm³/mol. The summed E-state index contributed by atoms with van der Waals surface area (Å²) in [6.45, 7) is 4.15. The number of imidazole rings is 1. The Bertz CT molecular complexity index is 586. The van der Waals surface area contributed by atoms with Gasteiger partial charge in [-0.1, -0.05) is 13.0 Å². The number of hydrogen-bond acceptors (Lipinski definition) is 3. The minimum atomic E-state index is 0.671. The van der Waals surface area contributed by atoms with Crippen molar-refractivity contribution < 1.29 is 4.79 Å². The molecular weight excluding hydrogens is 238 g/mol. The lowest BCUT2D eigenvalue weighted by Crippen LogP contribution is -2.27. The highest BCUT2D eigenvalue weighted by Crippen LogP contribution is 2.32. The Morgan fingerprint density at radius 3 is 3.00 bits per heavy atom. The zero-order valence-corrected chi connectivity index (χ0v) is 11.2. The molecule has 0 bridgehead atoms. The lowest BCUT2D eigenvalue weighted by atomic mass is 10.3. The molecule has 3 rings (SSSR count). The normalized spacial score (nSPS) is 14.8. The van der Waals surface area contributed by atoms with Crippen LogP contribution in [0.2, 0.25) is 0 Å². The van der Waals surface area contributed by atoms with E-state index in [1.807, 2.05) is 28.8 Å². The van der Waals surface area contributed by atoms with E-state index in [-0.39, 0.29) is 0 Å². The van der Waals surface area contributed by atoms with E-state index in [1.54, 1.807) is 0 Å². The van der Waals surface area contributed by atoms with E-state index in [9.17, 15) is 4.79 Å². The Morgan fingerprint density at radius 1 is 1.47 bits per heavy atom. The third kappa shape index (κ3) is 2.35. The van der Waals surface area contributed by atoms with E-state index in [2.05, 4.69) is 16.8 Å². The first-order valence-electron chi connectivity index (χ1n) is 7.00. The topological polar surface area (TPSA) is 37.6 Å². The van der Waals surface area contributed by atoms with Crippen molar-refractivity contribution in [2.24, 2.45) is 5.92 Å². The van der Waals surface area contributed by atoms with Gasteiger partial charge in [0.05, 0.1) is 0 Å². The van der Waals surface area contributed by atoms with Crippen molar-refractivity contribution in [2.45, 2.75) is 26.2 Å². The van der Waals surface area contributed by atoms with E-state index in [0.717, 1.165) is 43.2 Å². The lowest BCUT2D eigenvalue weighted by molar-refractivity contribution is 0.111. The summed E-state index contributed by atoms with van der Waals surface area (Å²) in [7, 11) is 0. The van der Waals surface area contributed by atoms with Gasteiger partial charge in [-0.25, -0.2) is 4.98 Å². The molecule has 2 aromatic heterocycles. The lowest BCUT2D eigenvalue weighted by Gasteiger charge is -2.22. The van der Waals surface area contributed by atoms with Crippen molar-refractivity contribution in [1.29, 1.82) is 0 Å². The largest absolute Gasteiger partial charge is 0.354 e. The van der Waals surface area contributed by atoms with Crippen LogP contribution in [0.15, 0.2) is 24.4 Å². The number of hydrogen-bond donors (Lipinski definition) is 0. The zero-order chi connectivity index (χ0) is 13.2. The minimum Gasteiger partial charge on any atom is -0.354 e. The van der Waals surface area contributed by atoms with Crippen LogP contribution >= 0.6 is 0 Å². The van der Waals surface area contributed by atoms with Gasteiger partial charge in [-0.3, -0.25) is 9.20 Å². The molecule has 0 amide bonds. The first-order chi connectivity index (χ1) is 9.33. The minimum absolute atomic E-state index is 0.671. The van der Waals surface area contributed by atoms with Gasteiger partial charge in [-0.2, -0.15) is 0 Å². The third-order valence-electron chi connectivity index (χ3n) is 3.63. The molecule has 1 saturated carbocycles. The number of aromatic nitrogens is 2. The van der Waals surface area contributed by atoms with Crippen LogP contribution in [0.1, 0.15) is 36.7 Å². The van der Waals surface area contributed by atoms with Gasteiger partial charge in [-0.05, 0) is 37.3 Å². The van der Waals surface area contributed by atoms with Crippen LogP contribution in [-0.2, 0) is 0 Å². The molecule has 2 heterocycles. The van der Waals surface area contributed by atoms with Gasteiger partial charge in [0.2, 0.25) is 0 Å². The molecule has 0 atom stereocenters. The number of fused-ring (bicyclic) bond motifs is 1. The molecule has 1 fully saturated rings. The first kappa shape index (κ1) is 12.2. The smallest absolute Gasteiger partial charge is 0.170 e. The number of pyridine rings is 1. The molecule has 0 aliphatic heterocycles. The maximum absolute atomic E-state index is 11.4. The highest BCUT2D eigenvalue weighted by atomic mass is 16.1. The number of anilines is 1. The van der Waals surface area contributed by atoms with Crippen molar-refractivity contribution in [3.05, 3.63) is 30.1 Å². The van der Waals surface area contributed by atoms with Crippen molar-refractivity contribution >= 4 is 17.8 Å². The zero-order valence-electron chi connectivity index (χ0n) is 11.2. The summed E-state index contributed by atoms with van der Waals surface area (Å²) in [5.41, 5.74) is 1.52. The molecule has 19 heavy (non-hydrogen) atoms. The van der Waals surface area contributed by atoms with Crippen LogP contribution in [0, 0.1) is 5.92 Å². The Labute approximate surface area is 113 Å². The molecule has 0 aromatic carbocycles. The second kappa shape index (κ2) is 5.03. The molecular formula is C15H19N3O. The molecule has 0 unspecified atom stereocenters.